The molecule has 1 amide bonds. The molecule has 1 aliphatic rings. The first-order valence-electron chi connectivity index (χ1n) is 8.17. The van der Waals surface area contributed by atoms with Gasteiger partial charge in [-0.1, -0.05) is 36.4 Å². The Hall–Kier alpha value is -2.37. The molecule has 2 aromatic carbocycles. The number of fused-ring (bicyclic) bond motifs is 1. The molecule has 0 saturated carbocycles. The minimum absolute atomic E-state index is 0.213. The number of aryl methyl sites for hydroxylation is 1. The average Bonchev–Trinajstić information content (AvgIpc) is 2.74. The Morgan fingerprint density at radius 3 is 2.83 bits per heavy atom. The highest BCUT2D eigenvalue weighted by Gasteiger charge is 2.23. The van der Waals surface area contributed by atoms with Gasteiger partial charge in [0.25, 0.3) is 0 Å². The molecule has 1 aliphatic carbocycles. The highest BCUT2D eigenvalue weighted by Crippen LogP contribution is 2.30. The molecular weight excluding hydrogens is 304 g/mol. The van der Waals surface area contributed by atoms with E-state index >= 15 is 0 Å². The van der Waals surface area contributed by atoms with Crippen LogP contribution >= 0.6 is 0 Å². The maximum absolute atomic E-state index is 11.9. The first kappa shape index (κ1) is 16.5. The highest BCUT2D eigenvalue weighted by atomic mass is 16.5. The number of rotatable bonds is 3. The van der Waals surface area contributed by atoms with Gasteiger partial charge in [-0.05, 0) is 48.1 Å². The molecule has 0 aromatic heterocycles. The van der Waals surface area contributed by atoms with E-state index in [1.807, 2.05) is 42.5 Å². The lowest BCUT2D eigenvalue weighted by atomic mass is 9.98. The van der Waals surface area contributed by atoms with E-state index in [9.17, 15) is 9.90 Å². The topological polar surface area (TPSA) is 84.6 Å². The molecule has 0 unspecified atom stereocenters. The van der Waals surface area contributed by atoms with Crippen LogP contribution in [-0.4, -0.2) is 17.2 Å². The van der Waals surface area contributed by atoms with Gasteiger partial charge in [-0.15, -0.1) is 0 Å². The normalized spacial score (nSPS) is 19.9. The highest BCUT2D eigenvalue weighted by molar-refractivity contribution is 5.84. The number of hydrogen-bond donors (Lipinski definition) is 3. The minimum Gasteiger partial charge on any atom is -0.444 e. The first-order valence-corrected chi connectivity index (χ1v) is 8.17. The summed E-state index contributed by atoms with van der Waals surface area (Å²) in [4.78, 5) is 11.9. The third-order valence-corrected chi connectivity index (χ3v) is 4.31. The Bertz CT molecular complexity index is 703. The molecule has 5 heteroatoms. The number of carbonyl (C=O) groups is 1. The van der Waals surface area contributed by atoms with Crippen molar-refractivity contribution in [2.45, 2.75) is 38.0 Å². The van der Waals surface area contributed by atoms with Gasteiger partial charge in [0.2, 0.25) is 0 Å². The molecule has 0 radical (unpaired) electrons. The molecule has 5 nitrogen and oxygen atoms in total. The number of carbonyl (C=O) groups excluding carboxylic acids is 1. The smallest absolute Gasteiger partial charge is 0.411 e. The molecule has 0 aliphatic heterocycles. The molecule has 126 valence electrons. The second kappa shape index (κ2) is 7.47. The van der Waals surface area contributed by atoms with Gasteiger partial charge in [0, 0.05) is 11.7 Å². The van der Waals surface area contributed by atoms with E-state index < -0.39 is 12.2 Å². The number of nitrogens with one attached hydrogen (secondary N) is 1. The number of hydrogen-bond acceptors (Lipinski definition) is 4. The minimum atomic E-state index is -0.704. The average molecular weight is 326 g/mol. The number of nitrogens with two attached hydrogens (primary N) is 1. The number of ether oxygens (including phenoxy) is 1. The summed E-state index contributed by atoms with van der Waals surface area (Å²) in [6, 6.07) is 14.8. The van der Waals surface area contributed by atoms with Crippen LogP contribution in [0.4, 0.5) is 10.5 Å². The largest absolute Gasteiger partial charge is 0.444 e. The summed E-state index contributed by atoms with van der Waals surface area (Å²) in [5.74, 6) is 0. The van der Waals surface area contributed by atoms with Crippen LogP contribution in [0.1, 0.15) is 35.6 Å². The van der Waals surface area contributed by atoms with Gasteiger partial charge in [0.05, 0.1) is 6.10 Å². The summed E-state index contributed by atoms with van der Waals surface area (Å²) in [6.45, 7) is 0.213. The molecule has 24 heavy (non-hydrogen) atoms. The maximum Gasteiger partial charge on any atom is 0.411 e. The van der Waals surface area contributed by atoms with Crippen LogP contribution < -0.4 is 11.1 Å². The van der Waals surface area contributed by atoms with Crippen LogP contribution in [0.3, 0.4) is 0 Å². The Balaban J connectivity index is 1.65. The number of aliphatic hydroxyl groups excluding tert-OH is 1. The van der Waals surface area contributed by atoms with Crippen molar-refractivity contribution >= 4 is 11.8 Å². The van der Waals surface area contributed by atoms with Crippen molar-refractivity contribution in [2.24, 2.45) is 5.73 Å². The first-order chi connectivity index (χ1) is 11.6. The van der Waals surface area contributed by atoms with Crippen molar-refractivity contribution in [1.29, 1.82) is 0 Å². The quantitative estimate of drug-likeness (QED) is 0.757. The van der Waals surface area contributed by atoms with Crippen LogP contribution in [0.2, 0.25) is 0 Å². The number of aliphatic hydroxyl groups is 1. The van der Waals surface area contributed by atoms with Crippen molar-refractivity contribution in [3.8, 4) is 0 Å². The van der Waals surface area contributed by atoms with Crippen molar-refractivity contribution in [1.82, 2.24) is 0 Å². The molecule has 3 rings (SSSR count). The molecule has 0 fully saturated rings. The lowest BCUT2D eigenvalue weighted by molar-refractivity contribution is 0.144. The molecule has 0 bridgehead atoms. The summed E-state index contributed by atoms with van der Waals surface area (Å²) in [7, 11) is 0. The van der Waals surface area contributed by atoms with Gasteiger partial charge in [-0.25, -0.2) is 4.79 Å². The zero-order valence-electron chi connectivity index (χ0n) is 13.4. The van der Waals surface area contributed by atoms with E-state index in [0.717, 1.165) is 36.0 Å². The van der Waals surface area contributed by atoms with Crippen molar-refractivity contribution in [3.63, 3.8) is 0 Å². The monoisotopic (exact) mass is 326 g/mol. The maximum atomic E-state index is 11.9. The molecule has 2 aromatic rings. The molecule has 0 spiro atoms. The second-order valence-corrected chi connectivity index (χ2v) is 6.10. The number of benzene rings is 2. The lowest BCUT2D eigenvalue weighted by Crippen LogP contribution is -2.27. The van der Waals surface area contributed by atoms with E-state index in [2.05, 4.69) is 5.32 Å². The predicted molar refractivity (Wildman–Crippen MR) is 92.6 cm³/mol. The van der Waals surface area contributed by atoms with Gasteiger partial charge >= 0.3 is 6.09 Å². The Labute approximate surface area is 141 Å². The summed E-state index contributed by atoms with van der Waals surface area (Å²) in [5, 5.41) is 13.1. The molecule has 0 heterocycles. The van der Waals surface area contributed by atoms with Crippen LogP contribution in [0.5, 0.6) is 0 Å². The van der Waals surface area contributed by atoms with Crippen molar-refractivity contribution in [3.05, 3.63) is 65.2 Å². The summed E-state index contributed by atoms with van der Waals surface area (Å²) in [6.07, 6.45) is 1.41. The van der Waals surface area contributed by atoms with Gasteiger partial charge in [0.15, 0.2) is 0 Å². The van der Waals surface area contributed by atoms with Gasteiger partial charge in [-0.3, -0.25) is 5.32 Å². The fourth-order valence-corrected chi connectivity index (χ4v) is 2.97. The van der Waals surface area contributed by atoms with Crippen molar-refractivity contribution in [2.75, 3.05) is 5.32 Å². The zero-order chi connectivity index (χ0) is 16.9. The molecule has 0 saturated heterocycles. The van der Waals surface area contributed by atoms with E-state index in [-0.39, 0.29) is 12.6 Å². The summed E-state index contributed by atoms with van der Waals surface area (Å²) >= 11 is 0. The number of amides is 1. The standard InChI is InChI=1S/C19H22N2O3/c20-17-8-4-7-14-9-10-15(11-16(14)18(17)22)21-19(23)24-12-13-5-2-1-3-6-13/h1-3,5-6,9-11,17-18,22H,4,7-8,12,20H2,(H,21,23)/t17-,18+/m1/s1. The van der Waals surface area contributed by atoms with E-state index in [4.69, 9.17) is 10.5 Å². The van der Waals surface area contributed by atoms with Crippen LogP contribution in [0, 0.1) is 0 Å². The van der Waals surface area contributed by atoms with Crippen LogP contribution in [0.25, 0.3) is 0 Å². The van der Waals surface area contributed by atoms with E-state index in [1.165, 1.54) is 0 Å². The lowest BCUT2D eigenvalue weighted by Gasteiger charge is -2.18. The molecule has 2 atom stereocenters. The van der Waals surface area contributed by atoms with E-state index in [0.29, 0.717) is 5.69 Å². The van der Waals surface area contributed by atoms with Gasteiger partial charge < -0.3 is 15.6 Å². The molecular formula is C19H22N2O3. The SMILES string of the molecule is N[C@@H]1CCCc2ccc(NC(=O)OCc3ccccc3)cc2[C@@H]1O. The van der Waals surface area contributed by atoms with Crippen molar-refractivity contribution < 1.29 is 14.6 Å². The zero-order valence-corrected chi connectivity index (χ0v) is 13.4. The van der Waals surface area contributed by atoms with Crippen LogP contribution in [-0.2, 0) is 17.8 Å². The summed E-state index contributed by atoms with van der Waals surface area (Å²) < 4.78 is 5.21. The second-order valence-electron chi connectivity index (χ2n) is 6.10. The Morgan fingerprint density at radius 2 is 2.04 bits per heavy atom. The number of anilines is 1. The Morgan fingerprint density at radius 1 is 1.25 bits per heavy atom. The van der Waals surface area contributed by atoms with Gasteiger partial charge in [-0.2, -0.15) is 0 Å². The van der Waals surface area contributed by atoms with Gasteiger partial charge in [0.1, 0.15) is 6.61 Å². The Kier molecular flexibility index (Phi) is 5.13. The fourth-order valence-electron chi connectivity index (χ4n) is 2.97. The van der Waals surface area contributed by atoms with Crippen LogP contribution in [0.15, 0.2) is 48.5 Å². The third-order valence-electron chi connectivity index (χ3n) is 4.31. The van der Waals surface area contributed by atoms with E-state index in [1.54, 1.807) is 6.07 Å². The predicted octanol–water partition coefficient (Wildman–Crippen LogP) is 3.13. The summed E-state index contributed by atoms with van der Waals surface area (Å²) in [5.41, 5.74) is 9.39. The molecule has 4 N–H and O–H groups in total. The third kappa shape index (κ3) is 3.93. The fraction of sp³-hybridized carbons (Fsp3) is 0.316.